The lowest BCUT2D eigenvalue weighted by atomic mass is 9.31. The Hall–Kier alpha value is -1.79. The minimum Gasteiger partial charge on any atom is -0.504 e. The molecule has 196 valence electrons. The van der Waals surface area contributed by atoms with E-state index >= 15 is 0 Å². The summed E-state index contributed by atoms with van der Waals surface area (Å²) in [5.74, 6) is 1.73. The van der Waals surface area contributed by atoms with Crippen LogP contribution in [0.4, 0.5) is 0 Å². The van der Waals surface area contributed by atoms with Gasteiger partial charge in [-0.1, -0.05) is 36.7 Å². The van der Waals surface area contributed by atoms with Crippen LogP contribution in [0.1, 0.15) is 68.2 Å². The van der Waals surface area contributed by atoms with Gasteiger partial charge in [0.1, 0.15) is 11.7 Å². The van der Waals surface area contributed by atoms with Crippen LogP contribution in [0.15, 0.2) is 36.4 Å². The van der Waals surface area contributed by atoms with E-state index in [-0.39, 0.29) is 22.7 Å². The predicted molar refractivity (Wildman–Crippen MR) is 141 cm³/mol. The van der Waals surface area contributed by atoms with Gasteiger partial charge in [-0.15, -0.1) is 0 Å². The van der Waals surface area contributed by atoms with Crippen LogP contribution in [0.2, 0.25) is 5.02 Å². The van der Waals surface area contributed by atoms with Gasteiger partial charge < -0.3 is 19.7 Å². The van der Waals surface area contributed by atoms with Crippen molar-refractivity contribution < 1.29 is 19.7 Å². The molecule has 2 aromatic rings. The lowest BCUT2D eigenvalue weighted by molar-refractivity contribution is -0.324. The van der Waals surface area contributed by atoms with Crippen LogP contribution in [0, 0.1) is 16.7 Å². The van der Waals surface area contributed by atoms with Crippen LogP contribution in [0.5, 0.6) is 11.5 Å². The van der Waals surface area contributed by atoms with Gasteiger partial charge in [0.15, 0.2) is 11.5 Å². The first kappa shape index (κ1) is 23.1. The Balaban J connectivity index is 1.36. The quantitative estimate of drug-likeness (QED) is 0.552. The number of hydrogen-bond acceptors (Lipinski definition) is 5. The Labute approximate surface area is 223 Å². The third-order valence-electron chi connectivity index (χ3n) is 11.9. The van der Waals surface area contributed by atoms with Crippen molar-refractivity contribution >= 4 is 11.6 Å². The molecule has 2 heterocycles. The molecule has 4 saturated carbocycles. The minimum atomic E-state index is -0.749. The number of ether oxygens (including phenoxy) is 2. The maximum Gasteiger partial charge on any atom is 0.165 e. The van der Waals surface area contributed by atoms with E-state index in [0.717, 1.165) is 50.1 Å². The molecule has 7 atom stereocenters. The fraction of sp³-hybridized carbons (Fsp3) is 0.613. The van der Waals surface area contributed by atoms with Gasteiger partial charge in [-0.2, -0.15) is 0 Å². The van der Waals surface area contributed by atoms with Crippen LogP contribution in [-0.4, -0.2) is 53.1 Å². The van der Waals surface area contributed by atoms with Gasteiger partial charge in [-0.05, 0) is 86.7 Å². The molecule has 2 N–H and O–H groups in total. The van der Waals surface area contributed by atoms with Crippen molar-refractivity contribution in [3.8, 4) is 11.5 Å². The van der Waals surface area contributed by atoms with Gasteiger partial charge in [0.05, 0.1) is 6.10 Å². The summed E-state index contributed by atoms with van der Waals surface area (Å²) in [6.07, 6.45) is 6.44. The molecular weight excluding hydrogens is 486 g/mol. The highest BCUT2D eigenvalue weighted by molar-refractivity contribution is 6.30. The average molecular weight is 522 g/mol. The maximum absolute atomic E-state index is 12.2. The van der Waals surface area contributed by atoms with E-state index in [9.17, 15) is 10.2 Å². The maximum atomic E-state index is 12.2. The Morgan fingerprint density at radius 2 is 2.03 bits per heavy atom. The molecule has 4 bridgehead atoms. The van der Waals surface area contributed by atoms with Crippen molar-refractivity contribution in [2.24, 2.45) is 16.7 Å². The number of phenolic OH excluding ortho intramolecular Hbond substituents is 1. The largest absolute Gasteiger partial charge is 0.504 e. The standard InChI is InChI=1S/C31H36ClNO4/c1-28(26(35)20-4-3-5-21(32)14-20)17-29-10-11-31(28,36-2)27-30(29)12-13-33(16-18-6-7-18)23(29)15-19-8-9-22(34)25(37-27)24(19)30/h3-5,8-9,14,18,23,26-27,34-35H,6-7,10-13,15-17H2,1-2H3/t23-,26+,27-,28-,29-,30+,31+/m1/s1. The molecule has 0 aromatic heterocycles. The number of aliphatic hydroxyl groups excluding tert-OH is 1. The SMILES string of the molecule is CO[C@]12CC[C@@]3(C[C@]1(C)[C@@H](O)c1cccc(Cl)c1)[C@H]1Cc4ccc(O)c5c4[C@@]3(CCN1CC1CC1)[C@H]2O5. The van der Waals surface area contributed by atoms with Crippen molar-refractivity contribution in [1.29, 1.82) is 0 Å². The zero-order valence-electron chi connectivity index (χ0n) is 21.7. The van der Waals surface area contributed by atoms with E-state index in [1.165, 1.54) is 30.5 Å². The number of halogens is 1. The Morgan fingerprint density at radius 3 is 2.78 bits per heavy atom. The predicted octanol–water partition coefficient (Wildman–Crippen LogP) is 5.39. The second kappa shape index (κ2) is 7.24. The third-order valence-corrected chi connectivity index (χ3v) is 12.1. The van der Waals surface area contributed by atoms with Gasteiger partial charge in [0.2, 0.25) is 0 Å². The van der Waals surface area contributed by atoms with E-state index < -0.39 is 17.1 Å². The molecule has 0 amide bonds. The van der Waals surface area contributed by atoms with Gasteiger partial charge in [-0.25, -0.2) is 0 Å². The van der Waals surface area contributed by atoms with E-state index in [0.29, 0.717) is 16.8 Å². The zero-order chi connectivity index (χ0) is 25.4. The summed E-state index contributed by atoms with van der Waals surface area (Å²) in [7, 11) is 1.80. The number of piperidine rings is 1. The molecule has 37 heavy (non-hydrogen) atoms. The van der Waals surface area contributed by atoms with Crippen LogP contribution in [0.3, 0.4) is 0 Å². The summed E-state index contributed by atoms with van der Waals surface area (Å²) in [6, 6.07) is 12.0. The van der Waals surface area contributed by atoms with Crippen molar-refractivity contribution in [2.75, 3.05) is 20.2 Å². The highest BCUT2D eigenvalue weighted by atomic mass is 35.5. The summed E-state index contributed by atoms with van der Waals surface area (Å²) < 4.78 is 13.6. The number of methoxy groups -OCH3 is 1. The molecule has 2 aromatic carbocycles. The molecule has 2 aliphatic heterocycles. The van der Waals surface area contributed by atoms with E-state index in [2.05, 4.69) is 17.9 Å². The normalized spacial score (nSPS) is 41.8. The second-order valence-electron chi connectivity index (χ2n) is 13.1. The molecule has 2 spiro atoms. The van der Waals surface area contributed by atoms with Crippen LogP contribution < -0.4 is 4.74 Å². The molecule has 5 aliphatic carbocycles. The molecule has 7 aliphatic rings. The van der Waals surface area contributed by atoms with E-state index in [1.54, 1.807) is 7.11 Å². The molecular formula is C31H36ClNO4. The van der Waals surface area contributed by atoms with E-state index in [4.69, 9.17) is 21.1 Å². The number of fused-ring (bicyclic) bond motifs is 2. The fourth-order valence-corrected chi connectivity index (χ4v) is 10.5. The Kier molecular flexibility index (Phi) is 4.52. The summed E-state index contributed by atoms with van der Waals surface area (Å²) >= 11 is 6.40. The summed E-state index contributed by atoms with van der Waals surface area (Å²) in [5.41, 5.74) is 1.88. The summed E-state index contributed by atoms with van der Waals surface area (Å²) in [6.45, 7) is 4.46. The molecule has 9 rings (SSSR count). The monoisotopic (exact) mass is 521 g/mol. The van der Waals surface area contributed by atoms with Crippen LogP contribution in [-0.2, 0) is 16.6 Å². The van der Waals surface area contributed by atoms with Crippen molar-refractivity contribution in [3.05, 3.63) is 58.1 Å². The first-order valence-electron chi connectivity index (χ1n) is 14.0. The molecule has 6 heteroatoms. The molecule has 0 unspecified atom stereocenters. The topological polar surface area (TPSA) is 62.2 Å². The number of nitrogens with zero attached hydrogens (tertiary/aromatic N) is 1. The van der Waals surface area contributed by atoms with Gasteiger partial charge in [0, 0.05) is 46.5 Å². The first-order valence-corrected chi connectivity index (χ1v) is 14.4. The smallest absolute Gasteiger partial charge is 0.165 e. The third kappa shape index (κ3) is 2.54. The Bertz CT molecular complexity index is 1310. The van der Waals surface area contributed by atoms with Crippen LogP contribution >= 0.6 is 11.6 Å². The van der Waals surface area contributed by atoms with Crippen molar-refractivity contribution in [2.45, 2.75) is 81.1 Å². The number of benzene rings is 2. The number of rotatable bonds is 5. The fourth-order valence-electron chi connectivity index (χ4n) is 10.3. The lowest BCUT2D eigenvalue weighted by Crippen LogP contribution is -2.83. The number of hydrogen-bond donors (Lipinski definition) is 2. The number of aromatic hydroxyl groups is 1. The van der Waals surface area contributed by atoms with E-state index in [1.807, 2.05) is 30.3 Å². The first-order chi connectivity index (χ1) is 17.8. The van der Waals surface area contributed by atoms with Crippen LogP contribution in [0.25, 0.3) is 0 Å². The Morgan fingerprint density at radius 1 is 1.19 bits per heavy atom. The van der Waals surface area contributed by atoms with Gasteiger partial charge >= 0.3 is 0 Å². The molecule has 1 saturated heterocycles. The lowest BCUT2D eigenvalue weighted by Gasteiger charge is -2.76. The summed E-state index contributed by atoms with van der Waals surface area (Å²) in [4.78, 5) is 2.80. The average Bonchev–Trinajstić information content (AvgIpc) is 3.63. The summed E-state index contributed by atoms with van der Waals surface area (Å²) in [5, 5.41) is 23.9. The highest BCUT2D eigenvalue weighted by Crippen LogP contribution is 2.80. The highest BCUT2D eigenvalue weighted by Gasteiger charge is 2.84. The minimum absolute atomic E-state index is 0.0502. The van der Waals surface area contributed by atoms with Gasteiger partial charge in [0.25, 0.3) is 0 Å². The molecule has 5 fully saturated rings. The second-order valence-corrected chi connectivity index (χ2v) is 13.6. The number of phenols is 1. The van der Waals surface area contributed by atoms with Gasteiger partial charge in [-0.3, -0.25) is 4.90 Å². The molecule has 0 radical (unpaired) electrons. The van der Waals surface area contributed by atoms with Crippen molar-refractivity contribution in [1.82, 2.24) is 4.90 Å². The molecule has 5 nitrogen and oxygen atoms in total. The zero-order valence-corrected chi connectivity index (χ0v) is 22.4. The number of likely N-dealkylation sites (tertiary alicyclic amines) is 1. The van der Waals surface area contributed by atoms with Crippen molar-refractivity contribution in [3.63, 3.8) is 0 Å². The number of aliphatic hydroxyl groups is 1.